The molecule has 2 atom stereocenters. The first-order chi connectivity index (χ1) is 9.69. The Kier molecular flexibility index (Phi) is 3.54. The molecule has 2 aliphatic heterocycles. The van der Waals surface area contributed by atoms with Gasteiger partial charge in [-0.3, -0.25) is 4.90 Å². The second-order valence-electron chi connectivity index (χ2n) is 6.03. The number of nitrogens with zero attached hydrogens (tertiary/aromatic N) is 3. The lowest BCUT2D eigenvalue weighted by Crippen LogP contribution is -2.58. The summed E-state index contributed by atoms with van der Waals surface area (Å²) in [6.45, 7) is 5.70. The number of piperidine rings is 1. The highest BCUT2D eigenvalue weighted by Crippen LogP contribution is 2.29. The van der Waals surface area contributed by atoms with Gasteiger partial charge < -0.3 is 10.6 Å². The van der Waals surface area contributed by atoms with E-state index in [0.717, 1.165) is 18.8 Å². The van der Waals surface area contributed by atoms with Crippen LogP contribution in [0, 0.1) is 11.3 Å². The second-order valence-corrected chi connectivity index (χ2v) is 6.03. The summed E-state index contributed by atoms with van der Waals surface area (Å²) in [6, 6.07) is 9.18. The predicted octanol–water partition coefficient (Wildman–Crippen LogP) is 2.20. The minimum atomic E-state index is 0.486. The van der Waals surface area contributed by atoms with Gasteiger partial charge in [-0.2, -0.15) is 5.26 Å². The Hall–Kier alpha value is -1.73. The van der Waals surface area contributed by atoms with Gasteiger partial charge in [0.15, 0.2) is 0 Å². The Morgan fingerprint density at radius 3 is 2.95 bits per heavy atom. The molecule has 2 saturated heterocycles. The third-order valence-corrected chi connectivity index (χ3v) is 4.68. The second kappa shape index (κ2) is 5.34. The molecular formula is C16H22N4. The maximum atomic E-state index is 9.14. The molecule has 2 aliphatic rings. The standard InChI is InChI=1S/C16H22N4/c1-12-10-19-7-3-2-4-15(19)11-20(12)14-5-6-16(18)13(8-14)9-17/h5-6,8,12,15H,2-4,7,10-11,18H2,1H3. The largest absolute Gasteiger partial charge is 0.398 e. The zero-order valence-electron chi connectivity index (χ0n) is 12.0. The summed E-state index contributed by atoms with van der Waals surface area (Å²) in [7, 11) is 0. The van der Waals surface area contributed by atoms with Crippen molar-refractivity contribution in [2.24, 2.45) is 0 Å². The van der Waals surface area contributed by atoms with Gasteiger partial charge in [-0.1, -0.05) is 6.42 Å². The van der Waals surface area contributed by atoms with E-state index in [0.29, 0.717) is 23.3 Å². The van der Waals surface area contributed by atoms with Crippen LogP contribution in [0.2, 0.25) is 0 Å². The number of benzene rings is 1. The summed E-state index contributed by atoms with van der Waals surface area (Å²) >= 11 is 0. The number of fused-ring (bicyclic) bond motifs is 1. The molecule has 20 heavy (non-hydrogen) atoms. The van der Waals surface area contributed by atoms with Crippen molar-refractivity contribution in [3.05, 3.63) is 23.8 Å². The molecule has 2 heterocycles. The normalized spacial score (nSPS) is 26.9. The number of hydrogen-bond donors (Lipinski definition) is 1. The summed E-state index contributed by atoms with van der Waals surface area (Å²) < 4.78 is 0. The summed E-state index contributed by atoms with van der Waals surface area (Å²) in [4.78, 5) is 5.07. The van der Waals surface area contributed by atoms with E-state index in [1.807, 2.05) is 18.2 Å². The lowest BCUT2D eigenvalue weighted by Gasteiger charge is -2.48. The topological polar surface area (TPSA) is 56.3 Å². The molecule has 4 nitrogen and oxygen atoms in total. The Morgan fingerprint density at radius 2 is 2.15 bits per heavy atom. The van der Waals surface area contributed by atoms with Crippen LogP contribution in [-0.2, 0) is 0 Å². The minimum absolute atomic E-state index is 0.486. The van der Waals surface area contributed by atoms with Gasteiger partial charge in [0.25, 0.3) is 0 Å². The molecule has 0 bridgehead atoms. The maximum absolute atomic E-state index is 9.14. The third-order valence-electron chi connectivity index (χ3n) is 4.68. The molecule has 0 aromatic heterocycles. The zero-order chi connectivity index (χ0) is 14.1. The lowest BCUT2D eigenvalue weighted by atomic mass is 9.96. The first-order valence-corrected chi connectivity index (χ1v) is 7.49. The van der Waals surface area contributed by atoms with Crippen molar-refractivity contribution < 1.29 is 0 Å². The van der Waals surface area contributed by atoms with Gasteiger partial charge in [-0.15, -0.1) is 0 Å². The molecule has 0 amide bonds. The first kappa shape index (κ1) is 13.3. The minimum Gasteiger partial charge on any atom is -0.398 e. The fourth-order valence-electron chi connectivity index (χ4n) is 3.53. The SMILES string of the molecule is CC1CN2CCCCC2CN1c1ccc(N)c(C#N)c1. The van der Waals surface area contributed by atoms with Crippen LogP contribution < -0.4 is 10.6 Å². The molecule has 0 saturated carbocycles. The fourth-order valence-corrected chi connectivity index (χ4v) is 3.53. The highest BCUT2D eigenvalue weighted by atomic mass is 15.3. The van der Waals surface area contributed by atoms with Crippen LogP contribution in [0.3, 0.4) is 0 Å². The predicted molar refractivity (Wildman–Crippen MR) is 81.6 cm³/mol. The molecule has 1 aromatic carbocycles. The summed E-state index contributed by atoms with van der Waals surface area (Å²) in [6.07, 6.45) is 3.97. The molecule has 106 valence electrons. The van der Waals surface area contributed by atoms with Crippen molar-refractivity contribution in [3.63, 3.8) is 0 Å². The number of anilines is 2. The molecule has 0 radical (unpaired) electrons. The van der Waals surface area contributed by atoms with E-state index in [1.54, 1.807) is 0 Å². The lowest BCUT2D eigenvalue weighted by molar-refractivity contribution is 0.115. The molecule has 0 aliphatic carbocycles. The van der Waals surface area contributed by atoms with Crippen LogP contribution >= 0.6 is 0 Å². The van der Waals surface area contributed by atoms with Gasteiger partial charge >= 0.3 is 0 Å². The van der Waals surface area contributed by atoms with Gasteiger partial charge in [0.05, 0.1) is 5.56 Å². The van der Waals surface area contributed by atoms with Crippen molar-refractivity contribution in [3.8, 4) is 6.07 Å². The van der Waals surface area contributed by atoms with Crippen molar-refractivity contribution in [2.75, 3.05) is 30.3 Å². The highest BCUT2D eigenvalue weighted by molar-refractivity contribution is 5.63. The molecule has 1 aromatic rings. The molecule has 3 rings (SSSR count). The smallest absolute Gasteiger partial charge is 0.101 e. The number of piperazine rings is 1. The molecule has 4 heteroatoms. The van der Waals surface area contributed by atoms with E-state index in [1.165, 1.54) is 25.8 Å². The molecule has 2 unspecified atom stereocenters. The number of rotatable bonds is 1. The van der Waals surface area contributed by atoms with Crippen LogP contribution in [0.25, 0.3) is 0 Å². The average Bonchev–Trinajstić information content (AvgIpc) is 2.47. The van der Waals surface area contributed by atoms with Crippen molar-refractivity contribution in [2.45, 2.75) is 38.3 Å². The van der Waals surface area contributed by atoms with Crippen LogP contribution in [0.1, 0.15) is 31.7 Å². The van der Waals surface area contributed by atoms with Crippen molar-refractivity contribution in [1.82, 2.24) is 4.90 Å². The third kappa shape index (κ3) is 2.34. The average molecular weight is 270 g/mol. The monoisotopic (exact) mass is 270 g/mol. The van der Waals surface area contributed by atoms with Gasteiger partial charge in [0.1, 0.15) is 6.07 Å². The molecule has 2 N–H and O–H groups in total. The molecule has 0 spiro atoms. The van der Waals surface area contributed by atoms with E-state index in [-0.39, 0.29) is 0 Å². The number of hydrogen-bond acceptors (Lipinski definition) is 4. The van der Waals surface area contributed by atoms with E-state index in [9.17, 15) is 0 Å². The number of nitriles is 1. The van der Waals surface area contributed by atoms with E-state index in [2.05, 4.69) is 22.8 Å². The van der Waals surface area contributed by atoms with Crippen molar-refractivity contribution >= 4 is 11.4 Å². The fraction of sp³-hybridized carbons (Fsp3) is 0.562. The van der Waals surface area contributed by atoms with Crippen LogP contribution in [0.4, 0.5) is 11.4 Å². The first-order valence-electron chi connectivity index (χ1n) is 7.49. The van der Waals surface area contributed by atoms with Crippen LogP contribution in [0.15, 0.2) is 18.2 Å². The Morgan fingerprint density at radius 1 is 1.30 bits per heavy atom. The van der Waals surface area contributed by atoms with Gasteiger partial charge in [0.2, 0.25) is 0 Å². The summed E-state index contributed by atoms with van der Waals surface area (Å²) in [5, 5.41) is 9.14. The zero-order valence-corrected chi connectivity index (χ0v) is 12.0. The van der Waals surface area contributed by atoms with Gasteiger partial charge in [-0.25, -0.2) is 0 Å². The summed E-state index contributed by atoms with van der Waals surface area (Å²) in [5.41, 5.74) is 8.11. The van der Waals surface area contributed by atoms with Crippen LogP contribution in [0.5, 0.6) is 0 Å². The Balaban J connectivity index is 1.84. The van der Waals surface area contributed by atoms with E-state index in [4.69, 9.17) is 11.0 Å². The van der Waals surface area contributed by atoms with E-state index >= 15 is 0 Å². The number of nitrogens with two attached hydrogens (primary N) is 1. The Labute approximate surface area is 120 Å². The molecular weight excluding hydrogens is 248 g/mol. The summed E-state index contributed by atoms with van der Waals surface area (Å²) in [5.74, 6) is 0. The van der Waals surface area contributed by atoms with E-state index < -0.39 is 0 Å². The molecule has 2 fully saturated rings. The number of nitrogen functional groups attached to an aromatic ring is 1. The van der Waals surface area contributed by atoms with Crippen molar-refractivity contribution in [1.29, 1.82) is 5.26 Å². The quantitative estimate of drug-likeness (QED) is 0.795. The van der Waals surface area contributed by atoms with Gasteiger partial charge in [0, 0.05) is 36.5 Å². The highest BCUT2D eigenvalue weighted by Gasteiger charge is 2.33. The van der Waals surface area contributed by atoms with Gasteiger partial charge in [-0.05, 0) is 44.5 Å². The Bertz CT molecular complexity index is 534. The maximum Gasteiger partial charge on any atom is 0.101 e. The van der Waals surface area contributed by atoms with Crippen LogP contribution in [-0.4, -0.2) is 36.6 Å².